The highest BCUT2D eigenvalue weighted by molar-refractivity contribution is 5.67. The van der Waals surface area contributed by atoms with Crippen LogP contribution in [0.1, 0.15) is 12.5 Å². The molecule has 0 amide bonds. The zero-order valence-corrected chi connectivity index (χ0v) is 8.93. The molecule has 0 saturated heterocycles. The third kappa shape index (κ3) is 1.75. The Labute approximate surface area is 95.0 Å². The fraction of sp³-hybridized carbons (Fsp3) is 0.182. The van der Waals surface area contributed by atoms with Gasteiger partial charge in [0.05, 0.1) is 0 Å². The van der Waals surface area contributed by atoms with E-state index in [9.17, 15) is 13.2 Å². The third-order valence-electron chi connectivity index (χ3n) is 2.46. The van der Waals surface area contributed by atoms with Gasteiger partial charge in [-0.05, 0) is 18.6 Å². The van der Waals surface area contributed by atoms with E-state index in [0.29, 0.717) is 12.0 Å². The molecular formula is C11H9F3N2O. The normalized spacial score (nSPS) is 10.8. The maximum Gasteiger partial charge on any atom is 0.225 e. The number of aromatic nitrogens is 1. The number of benzene rings is 1. The van der Waals surface area contributed by atoms with Crippen LogP contribution >= 0.6 is 0 Å². The quantitative estimate of drug-likeness (QED) is 0.824. The number of hydrogen-bond acceptors (Lipinski definition) is 3. The lowest BCUT2D eigenvalue weighted by Gasteiger charge is -2.03. The van der Waals surface area contributed by atoms with E-state index in [1.54, 1.807) is 6.92 Å². The van der Waals surface area contributed by atoms with E-state index in [4.69, 9.17) is 10.3 Å². The van der Waals surface area contributed by atoms with Gasteiger partial charge in [0, 0.05) is 11.1 Å². The number of rotatable bonds is 2. The summed E-state index contributed by atoms with van der Waals surface area (Å²) in [6.07, 6.45) is 0.448. The molecule has 90 valence electrons. The van der Waals surface area contributed by atoms with Crippen molar-refractivity contribution in [2.24, 2.45) is 0 Å². The molecule has 2 rings (SSSR count). The minimum Gasteiger partial charge on any atom is -0.367 e. The van der Waals surface area contributed by atoms with E-state index in [1.807, 2.05) is 0 Å². The third-order valence-corrected chi connectivity index (χ3v) is 2.46. The van der Waals surface area contributed by atoms with Gasteiger partial charge >= 0.3 is 0 Å². The van der Waals surface area contributed by atoms with Crippen LogP contribution < -0.4 is 5.73 Å². The van der Waals surface area contributed by atoms with Gasteiger partial charge < -0.3 is 10.3 Å². The predicted molar refractivity (Wildman–Crippen MR) is 55.6 cm³/mol. The average Bonchev–Trinajstić information content (AvgIpc) is 2.67. The lowest BCUT2D eigenvalue weighted by molar-refractivity contribution is 0.434. The smallest absolute Gasteiger partial charge is 0.225 e. The summed E-state index contributed by atoms with van der Waals surface area (Å²) in [4.78, 5) is 0. The van der Waals surface area contributed by atoms with Gasteiger partial charge in [-0.3, -0.25) is 0 Å². The Balaban J connectivity index is 2.65. The summed E-state index contributed by atoms with van der Waals surface area (Å²) >= 11 is 0. The molecule has 0 aliphatic carbocycles. The van der Waals surface area contributed by atoms with E-state index in [-0.39, 0.29) is 17.1 Å². The number of halogens is 3. The van der Waals surface area contributed by atoms with Crippen LogP contribution in [0.5, 0.6) is 0 Å². The number of nitrogens with zero attached hydrogens (tertiary/aromatic N) is 1. The Morgan fingerprint density at radius 3 is 2.59 bits per heavy atom. The molecule has 6 heteroatoms. The second-order valence-corrected chi connectivity index (χ2v) is 3.45. The second-order valence-electron chi connectivity index (χ2n) is 3.45. The van der Waals surface area contributed by atoms with Gasteiger partial charge in [-0.2, -0.15) is 0 Å². The highest BCUT2D eigenvalue weighted by Gasteiger charge is 2.21. The summed E-state index contributed by atoms with van der Waals surface area (Å²) in [7, 11) is 0. The largest absolute Gasteiger partial charge is 0.367 e. The first-order valence-electron chi connectivity index (χ1n) is 4.94. The standard InChI is InChI=1S/C11H9F3N2O/c1-2-5-10(16-17-11(5)15)6-3-4-7(12)9(14)8(6)13/h3-4H,2,15H2,1H3. The zero-order valence-electron chi connectivity index (χ0n) is 8.93. The molecule has 1 aromatic carbocycles. The van der Waals surface area contributed by atoms with Gasteiger partial charge in [0.15, 0.2) is 17.5 Å². The average molecular weight is 242 g/mol. The van der Waals surface area contributed by atoms with Crippen LogP contribution in [-0.2, 0) is 6.42 Å². The summed E-state index contributed by atoms with van der Waals surface area (Å²) < 4.78 is 44.1. The summed E-state index contributed by atoms with van der Waals surface area (Å²) in [6.45, 7) is 1.77. The Hall–Kier alpha value is -1.98. The van der Waals surface area contributed by atoms with E-state index in [2.05, 4.69) is 5.16 Å². The van der Waals surface area contributed by atoms with Crippen LogP contribution in [0, 0.1) is 17.5 Å². The highest BCUT2D eigenvalue weighted by atomic mass is 19.2. The SMILES string of the molecule is CCc1c(-c2ccc(F)c(F)c2F)noc1N. The molecule has 0 bridgehead atoms. The zero-order chi connectivity index (χ0) is 12.6. The van der Waals surface area contributed by atoms with Crippen molar-refractivity contribution in [1.29, 1.82) is 0 Å². The van der Waals surface area contributed by atoms with Crippen molar-refractivity contribution in [1.82, 2.24) is 5.16 Å². The molecular weight excluding hydrogens is 233 g/mol. The van der Waals surface area contributed by atoms with Crippen molar-refractivity contribution in [3.05, 3.63) is 35.1 Å². The van der Waals surface area contributed by atoms with Gasteiger partial charge in [-0.1, -0.05) is 12.1 Å². The maximum atomic E-state index is 13.5. The topological polar surface area (TPSA) is 52.0 Å². The van der Waals surface area contributed by atoms with Crippen molar-refractivity contribution in [2.75, 3.05) is 5.73 Å². The summed E-state index contributed by atoms with van der Waals surface area (Å²) in [5.41, 5.74) is 5.89. The molecule has 0 radical (unpaired) electrons. The Morgan fingerprint density at radius 2 is 1.94 bits per heavy atom. The molecule has 3 nitrogen and oxygen atoms in total. The van der Waals surface area contributed by atoms with Crippen LogP contribution in [0.3, 0.4) is 0 Å². The van der Waals surface area contributed by atoms with Crippen molar-refractivity contribution in [3.8, 4) is 11.3 Å². The molecule has 2 N–H and O–H groups in total. The molecule has 0 fully saturated rings. The fourth-order valence-electron chi connectivity index (χ4n) is 1.58. The molecule has 17 heavy (non-hydrogen) atoms. The maximum absolute atomic E-state index is 13.5. The Bertz CT molecular complexity index is 566. The summed E-state index contributed by atoms with van der Waals surface area (Å²) in [5.74, 6) is -4.04. The van der Waals surface area contributed by atoms with E-state index >= 15 is 0 Å². The first-order chi connectivity index (χ1) is 8.06. The first kappa shape index (κ1) is 11.5. The predicted octanol–water partition coefficient (Wildman–Crippen LogP) is 2.90. The van der Waals surface area contributed by atoms with Crippen molar-refractivity contribution < 1.29 is 17.7 Å². The number of nitrogen functional groups attached to an aromatic ring is 1. The number of anilines is 1. The molecule has 0 atom stereocenters. The minimum absolute atomic E-state index is 0.0478. The van der Waals surface area contributed by atoms with Crippen LogP contribution in [0.2, 0.25) is 0 Å². The highest BCUT2D eigenvalue weighted by Crippen LogP contribution is 2.30. The van der Waals surface area contributed by atoms with Gasteiger partial charge in [-0.25, -0.2) is 13.2 Å². The molecule has 0 unspecified atom stereocenters. The summed E-state index contributed by atoms with van der Waals surface area (Å²) in [6, 6.07) is 1.93. The molecule has 0 saturated carbocycles. The molecule has 0 aliphatic heterocycles. The summed E-state index contributed by atoms with van der Waals surface area (Å²) in [5, 5.41) is 3.56. The van der Waals surface area contributed by atoms with Gasteiger partial charge in [0.25, 0.3) is 0 Å². The van der Waals surface area contributed by atoms with Gasteiger partial charge in [0.2, 0.25) is 5.88 Å². The van der Waals surface area contributed by atoms with Crippen molar-refractivity contribution in [3.63, 3.8) is 0 Å². The van der Waals surface area contributed by atoms with E-state index in [1.165, 1.54) is 0 Å². The van der Waals surface area contributed by atoms with Crippen molar-refractivity contribution in [2.45, 2.75) is 13.3 Å². The molecule has 1 heterocycles. The van der Waals surface area contributed by atoms with Crippen molar-refractivity contribution >= 4 is 5.88 Å². The number of nitrogens with two attached hydrogens (primary N) is 1. The Morgan fingerprint density at radius 1 is 1.24 bits per heavy atom. The first-order valence-corrected chi connectivity index (χ1v) is 4.94. The lowest BCUT2D eigenvalue weighted by atomic mass is 10.0. The van der Waals surface area contributed by atoms with E-state index in [0.717, 1.165) is 12.1 Å². The van der Waals surface area contributed by atoms with E-state index < -0.39 is 17.5 Å². The van der Waals surface area contributed by atoms with Crippen LogP contribution in [0.25, 0.3) is 11.3 Å². The second kappa shape index (κ2) is 4.12. The van der Waals surface area contributed by atoms with Crippen LogP contribution in [0.15, 0.2) is 16.7 Å². The molecule has 2 aromatic rings. The molecule has 0 aliphatic rings. The number of hydrogen-bond donors (Lipinski definition) is 1. The van der Waals surface area contributed by atoms with Gasteiger partial charge in [-0.15, -0.1) is 0 Å². The molecule has 0 spiro atoms. The van der Waals surface area contributed by atoms with Crippen LogP contribution in [0.4, 0.5) is 19.1 Å². The van der Waals surface area contributed by atoms with Gasteiger partial charge in [0.1, 0.15) is 5.69 Å². The lowest BCUT2D eigenvalue weighted by Crippen LogP contribution is -1.96. The van der Waals surface area contributed by atoms with Crippen LogP contribution in [-0.4, -0.2) is 5.16 Å². The Kier molecular flexibility index (Phi) is 2.79. The minimum atomic E-state index is -1.54. The fourth-order valence-corrected chi connectivity index (χ4v) is 1.58. The monoisotopic (exact) mass is 242 g/mol. The molecule has 1 aromatic heterocycles.